The Morgan fingerprint density at radius 2 is 1.89 bits per heavy atom. The lowest BCUT2D eigenvalue weighted by atomic mass is 9.75. The fourth-order valence-electron chi connectivity index (χ4n) is 3.53. The molecule has 0 spiro atoms. The quantitative estimate of drug-likeness (QED) is 0.494. The van der Waals surface area contributed by atoms with Gasteiger partial charge >= 0.3 is 5.97 Å². The Balaban J connectivity index is 2.53. The Bertz CT molecular complexity index is 789. The number of carboxylic acids is 1. The number of hydrogen-bond donors (Lipinski definition) is 2. The summed E-state index contributed by atoms with van der Waals surface area (Å²) in [4.78, 5) is 25.5. The molecule has 8 nitrogen and oxygen atoms in total. The minimum atomic E-state index is -4.11. The summed E-state index contributed by atoms with van der Waals surface area (Å²) in [6, 6.07) is 6.17. The van der Waals surface area contributed by atoms with E-state index >= 15 is 0 Å². The highest BCUT2D eigenvalue weighted by molar-refractivity contribution is 7.99. The van der Waals surface area contributed by atoms with Crippen molar-refractivity contribution in [3.05, 3.63) is 34.7 Å². The maximum Gasteiger partial charge on any atom is 0.326 e. The van der Waals surface area contributed by atoms with E-state index in [-0.39, 0.29) is 11.3 Å². The van der Waals surface area contributed by atoms with Gasteiger partial charge in [0.15, 0.2) is 0 Å². The molecule has 1 unspecified atom stereocenters. The summed E-state index contributed by atoms with van der Waals surface area (Å²) in [5.74, 6) is -1.30. The Hall–Kier alpha value is -1.49. The predicted molar refractivity (Wildman–Crippen MR) is 105 cm³/mol. The third-order valence-corrected chi connectivity index (χ3v) is 8.01. The summed E-state index contributed by atoms with van der Waals surface area (Å²) in [5.41, 5.74) is -0.960. The smallest absolute Gasteiger partial charge is 0.326 e. The molecule has 1 aromatic carbocycles. The zero-order valence-electron chi connectivity index (χ0n) is 15.6. The van der Waals surface area contributed by atoms with Crippen molar-refractivity contribution in [2.45, 2.75) is 48.3 Å². The summed E-state index contributed by atoms with van der Waals surface area (Å²) < 4.78 is 30.1. The second kappa shape index (κ2) is 8.26. The Morgan fingerprint density at radius 1 is 1.33 bits per heavy atom. The van der Waals surface area contributed by atoms with Gasteiger partial charge in [-0.1, -0.05) is 24.6 Å². The number of piperidine rings is 1. The maximum absolute atomic E-state index is 13.0. The van der Waals surface area contributed by atoms with Gasteiger partial charge in [0.25, 0.3) is 0 Å². The second-order valence-electron chi connectivity index (χ2n) is 6.95. The minimum absolute atomic E-state index is 0.0142. The average Bonchev–Trinajstić information content (AvgIpc) is 2.62. The van der Waals surface area contributed by atoms with Crippen molar-refractivity contribution in [1.29, 1.82) is 0 Å². The maximum atomic E-state index is 13.0. The van der Waals surface area contributed by atoms with E-state index in [1.165, 1.54) is 12.1 Å². The first-order valence-corrected chi connectivity index (χ1v) is 10.9. The molecule has 1 fully saturated rings. The molecule has 0 radical (unpaired) electrons. The Kier molecular flexibility index (Phi) is 6.67. The molecule has 1 aliphatic rings. The molecule has 10 heteroatoms. The van der Waals surface area contributed by atoms with Crippen molar-refractivity contribution < 1.29 is 18.3 Å². The van der Waals surface area contributed by atoms with Gasteiger partial charge in [0.2, 0.25) is 10.0 Å². The fourth-order valence-corrected chi connectivity index (χ4v) is 6.04. The molecule has 1 saturated heterocycles. The van der Waals surface area contributed by atoms with Gasteiger partial charge in [-0.2, -0.15) is 4.72 Å². The molecule has 27 heavy (non-hydrogen) atoms. The lowest BCUT2D eigenvalue weighted by molar-refractivity contribution is -0.146. The van der Waals surface area contributed by atoms with Crippen LogP contribution < -0.4 is 4.72 Å². The van der Waals surface area contributed by atoms with E-state index in [9.17, 15) is 23.2 Å². The number of rotatable bonds is 8. The van der Waals surface area contributed by atoms with Crippen LogP contribution in [0.4, 0.5) is 0 Å². The molecule has 0 bridgehead atoms. The minimum Gasteiger partial charge on any atom is -0.480 e. The van der Waals surface area contributed by atoms with Crippen LogP contribution in [0.2, 0.25) is 0 Å². The summed E-state index contributed by atoms with van der Waals surface area (Å²) in [6.45, 7) is 4.53. The number of aliphatic carboxylic acids is 1. The highest BCUT2D eigenvalue weighted by atomic mass is 32.2. The topological polar surface area (TPSA) is 116 Å². The molecule has 1 aliphatic heterocycles. The van der Waals surface area contributed by atoms with Crippen LogP contribution in [0, 0.1) is 11.8 Å². The third-order valence-electron chi connectivity index (χ3n) is 5.32. The molecule has 0 amide bonds. The van der Waals surface area contributed by atoms with Gasteiger partial charge in [0, 0.05) is 16.5 Å². The summed E-state index contributed by atoms with van der Waals surface area (Å²) in [7, 11) is -2.22. The molecule has 2 rings (SSSR count). The normalized spacial score (nSPS) is 20.0. The zero-order chi connectivity index (χ0) is 20.3. The average molecular weight is 416 g/mol. The van der Waals surface area contributed by atoms with Gasteiger partial charge in [-0.05, 0) is 58.5 Å². The van der Waals surface area contributed by atoms with Crippen LogP contribution in [0.3, 0.4) is 0 Å². The SMILES string of the molecule is CCC(NS(=O)(=O)c1ccc(C)cc1)(C(=O)O)C1(SN=O)CCN(C)CC1. The lowest BCUT2D eigenvalue weighted by Crippen LogP contribution is -2.69. The molecule has 1 aromatic rings. The highest BCUT2D eigenvalue weighted by Crippen LogP contribution is 2.47. The standard InChI is InChI=1S/C17H25N3O5S2/c1-4-17(15(21)22,16(26-19-23)9-11-20(3)12-10-16)18-27(24,25)14-7-5-13(2)6-8-14/h5-8,18H,4,9-12H2,1-3H3,(H,21,22). The van der Waals surface area contributed by atoms with E-state index in [1.807, 2.05) is 18.9 Å². The molecule has 1 heterocycles. The summed E-state index contributed by atoms with van der Waals surface area (Å²) in [6.07, 6.45) is 0.645. The van der Waals surface area contributed by atoms with E-state index in [0.29, 0.717) is 37.9 Å². The first-order valence-electron chi connectivity index (χ1n) is 8.66. The number of likely N-dealkylation sites (tertiary alicyclic amines) is 1. The van der Waals surface area contributed by atoms with E-state index in [0.717, 1.165) is 5.56 Å². The monoisotopic (exact) mass is 415 g/mol. The number of benzene rings is 1. The van der Waals surface area contributed by atoms with Gasteiger partial charge in [0.05, 0.1) is 9.64 Å². The van der Waals surface area contributed by atoms with Crippen LogP contribution in [0.15, 0.2) is 33.7 Å². The van der Waals surface area contributed by atoms with Crippen molar-refractivity contribution in [1.82, 2.24) is 9.62 Å². The van der Waals surface area contributed by atoms with Gasteiger partial charge in [-0.25, -0.2) is 8.42 Å². The molecule has 0 saturated carbocycles. The van der Waals surface area contributed by atoms with Crippen molar-refractivity contribution in [2.24, 2.45) is 4.58 Å². The first kappa shape index (κ1) is 21.8. The number of hydrogen-bond acceptors (Lipinski definition) is 7. The van der Waals surface area contributed by atoms with Crippen LogP contribution >= 0.6 is 11.9 Å². The number of carbonyl (C=O) groups is 1. The van der Waals surface area contributed by atoms with Crippen LogP contribution in [0.5, 0.6) is 0 Å². The van der Waals surface area contributed by atoms with Gasteiger partial charge < -0.3 is 10.0 Å². The number of nitrogens with one attached hydrogen (secondary N) is 1. The van der Waals surface area contributed by atoms with Crippen molar-refractivity contribution in [3.63, 3.8) is 0 Å². The fraction of sp³-hybridized carbons (Fsp3) is 0.588. The lowest BCUT2D eigenvalue weighted by Gasteiger charge is -2.48. The number of carboxylic acid groups (broad SMARTS) is 1. The summed E-state index contributed by atoms with van der Waals surface area (Å²) in [5, 5.41) is 10.1. The van der Waals surface area contributed by atoms with Gasteiger partial charge in [-0.3, -0.25) is 4.79 Å². The highest BCUT2D eigenvalue weighted by Gasteiger charge is 2.59. The molecule has 1 atom stereocenters. The van der Waals surface area contributed by atoms with Gasteiger partial charge in [-0.15, -0.1) is 4.91 Å². The van der Waals surface area contributed by atoms with Gasteiger partial charge in [0.1, 0.15) is 5.54 Å². The summed E-state index contributed by atoms with van der Waals surface area (Å²) >= 11 is 0.635. The van der Waals surface area contributed by atoms with Crippen LogP contribution in [0.1, 0.15) is 31.7 Å². The van der Waals surface area contributed by atoms with Crippen LogP contribution in [-0.2, 0) is 14.8 Å². The predicted octanol–water partition coefficient (Wildman–Crippen LogP) is 2.39. The van der Waals surface area contributed by atoms with E-state index in [1.54, 1.807) is 19.1 Å². The van der Waals surface area contributed by atoms with E-state index < -0.39 is 26.3 Å². The molecular weight excluding hydrogens is 390 g/mol. The third kappa shape index (κ3) is 4.18. The Labute approximate surface area is 163 Å². The second-order valence-corrected chi connectivity index (χ2v) is 9.74. The molecule has 0 aromatic heterocycles. The number of nitroso groups, excluding NO2 is 1. The van der Waals surface area contributed by atoms with Crippen LogP contribution in [0.25, 0.3) is 0 Å². The number of aryl methyl sites for hydroxylation is 1. The van der Waals surface area contributed by atoms with Crippen LogP contribution in [-0.4, -0.2) is 54.8 Å². The first-order chi connectivity index (χ1) is 12.6. The molecule has 150 valence electrons. The number of nitrogens with zero attached hydrogens (tertiary/aromatic N) is 2. The van der Waals surface area contributed by atoms with Crippen molar-refractivity contribution in [2.75, 3.05) is 20.1 Å². The van der Waals surface area contributed by atoms with Crippen molar-refractivity contribution in [3.8, 4) is 0 Å². The zero-order valence-corrected chi connectivity index (χ0v) is 17.3. The van der Waals surface area contributed by atoms with E-state index in [4.69, 9.17) is 0 Å². The number of sulfonamides is 1. The molecular formula is C17H25N3O5S2. The van der Waals surface area contributed by atoms with Crippen molar-refractivity contribution >= 4 is 27.9 Å². The molecule has 2 N–H and O–H groups in total. The van der Waals surface area contributed by atoms with E-state index in [2.05, 4.69) is 9.30 Å². The Morgan fingerprint density at radius 3 is 2.33 bits per heavy atom. The largest absolute Gasteiger partial charge is 0.480 e. The molecule has 0 aliphatic carbocycles.